The summed E-state index contributed by atoms with van der Waals surface area (Å²) >= 11 is 12.1. The van der Waals surface area contributed by atoms with Gasteiger partial charge in [0.25, 0.3) is 0 Å². The summed E-state index contributed by atoms with van der Waals surface area (Å²) in [4.78, 5) is 27.6. The number of hydrogen-bond acceptors (Lipinski definition) is 8. The van der Waals surface area contributed by atoms with Gasteiger partial charge in [-0.2, -0.15) is 0 Å². The summed E-state index contributed by atoms with van der Waals surface area (Å²) in [6.07, 6.45) is 3.70. The minimum atomic E-state index is 0.481. The second kappa shape index (κ2) is 11.0. The first kappa shape index (κ1) is 26.0. The number of anilines is 4. The third-order valence-electron chi connectivity index (χ3n) is 6.55. The van der Waals surface area contributed by atoms with Crippen molar-refractivity contribution in [1.82, 2.24) is 19.9 Å². The maximum Gasteiger partial charge on any atom is 0.174 e. The Morgan fingerprint density at radius 2 is 1.03 bits per heavy atom. The van der Waals surface area contributed by atoms with Gasteiger partial charge >= 0.3 is 0 Å². The lowest BCUT2D eigenvalue weighted by Gasteiger charge is -2.17. The van der Waals surface area contributed by atoms with Crippen LogP contribution in [0, 0.1) is 0 Å². The highest BCUT2D eigenvalue weighted by Gasteiger charge is 2.29. The SMILES string of the molecule is C=CCN1CN(CC=C)c2nc3cc(Cl)c(Cl)cc3nc21.CCN1CN(CC)c2nc3ccccc3nc21. The van der Waals surface area contributed by atoms with Crippen molar-refractivity contribution in [2.45, 2.75) is 13.8 Å². The minimum absolute atomic E-state index is 0.481. The number of aromatic nitrogens is 4. The molecule has 2 aromatic heterocycles. The smallest absolute Gasteiger partial charge is 0.174 e. The van der Waals surface area contributed by atoms with E-state index in [4.69, 9.17) is 33.2 Å². The van der Waals surface area contributed by atoms with Crippen LogP contribution in [0.15, 0.2) is 61.7 Å². The van der Waals surface area contributed by atoms with Crippen LogP contribution in [0.5, 0.6) is 0 Å². The molecule has 0 unspecified atom stereocenters. The number of nitrogens with zero attached hydrogens (tertiary/aromatic N) is 8. The molecule has 8 nitrogen and oxygen atoms in total. The van der Waals surface area contributed by atoms with Gasteiger partial charge in [0.2, 0.25) is 0 Å². The third-order valence-corrected chi connectivity index (χ3v) is 7.27. The summed E-state index contributed by atoms with van der Waals surface area (Å²) in [5, 5.41) is 0.962. The molecule has 0 fully saturated rings. The molecule has 4 aromatic rings. The van der Waals surface area contributed by atoms with Crippen LogP contribution >= 0.6 is 23.2 Å². The molecular formula is C28H30Cl2N8. The van der Waals surface area contributed by atoms with E-state index in [0.29, 0.717) is 29.8 Å². The van der Waals surface area contributed by atoms with Crippen molar-refractivity contribution >= 4 is 68.5 Å². The number of benzene rings is 2. The molecule has 2 aliphatic rings. The standard InChI is InChI=1S/C15H14Cl2N4.C13H16N4/c1-3-5-20-9-21(6-4-2)15-14(20)18-12-7-10(16)11(17)8-13(12)19-15;1-3-16-9-17(4-2)13-12(16)14-10-7-5-6-8-11(10)15-13/h3-4,7-8H,1-2,5-6,9H2;5-8H,3-4,9H2,1-2H3. The van der Waals surface area contributed by atoms with Crippen molar-refractivity contribution in [1.29, 1.82) is 0 Å². The van der Waals surface area contributed by atoms with Gasteiger partial charge in [-0.05, 0) is 38.1 Å². The number of para-hydroxylation sites is 2. The number of hydrogen-bond donors (Lipinski definition) is 0. The Labute approximate surface area is 232 Å². The summed E-state index contributed by atoms with van der Waals surface area (Å²) in [7, 11) is 0. The van der Waals surface area contributed by atoms with Gasteiger partial charge in [-0.25, -0.2) is 19.9 Å². The Hall–Kier alpha value is -3.62. The van der Waals surface area contributed by atoms with Crippen molar-refractivity contribution < 1.29 is 0 Å². The third kappa shape index (κ3) is 4.81. The lowest BCUT2D eigenvalue weighted by molar-refractivity contribution is 0.793. The average Bonchev–Trinajstić information content (AvgIpc) is 3.44. The zero-order valence-electron chi connectivity index (χ0n) is 21.6. The highest BCUT2D eigenvalue weighted by Crippen LogP contribution is 2.36. The van der Waals surface area contributed by atoms with Crippen LogP contribution in [0.1, 0.15) is 13.8 Å². The fourth-order valence-electron chi connectivity index (χ4n) is 4.64. The average molecular weight is 550 g/mol. The molecule has 0 atom stereocenters. The largest absolute Gasteiger partial charge is 0.336 e. The van der Waals surface area contributed by atoms with E-state index in [1.54, 1.807) is 12.1 Å². The van der Waals surface area contributed by atoms with Gasteiger partial charge in [0.1, 0.15) is 0 Å². The first-order valence-corrected chi connectivity index (χ1v) is 13.4. The highest BCUT2D eigenvalue weighted by molar-refractivity contribution is 6.42. The molecule has 0 N–H and O–H groups in total. The molecular weight excluding hydrogens is 519 g/mol. The van der Waals surface area contributed by atoms with Crippen LogP contribution in [-0.4, -0.2) is 59.5 Å². The normalized spacial score (nSPS) is 14.0. The molecule has 6 rings (SSSR count). The first-order chi connectivity index (χ1) is 18.5. The van der Waals surface area contributed by atoms with Gasteiger partial charge in [-0.3, -0.25) is 0 Å². The summed E-state index contributed by atoms with van der Waals surface area (Å²) in [6.45, 7) is 16.9. The van der Waals surface area contributed by atoms with Crippen LogP contribution in [0.2, 0.25) is 10.0 Å². The van der Waals surface area contributed by atoms with E-state index in [9.17, 15) is 0 Å². The van der Waals surface area contributed by atoms with E-state index in [-0.39, 0.29) is 0 Å². The van der Waals surface area contributed by atoms with E-state index in [0.717, 1.165) is 65.1 Å². The van der Waals surface area contributed by atoms with Crippen molar-refractivity contribution in [2.24, 2.45) is 0 Å². The maximum atomic E-state index is 6.06. The van der Waals surface area contributed by atoms with E-state index < -0.39 is 0 Å². The lowest BCUT2D eigenvalue weighted by atomic mass is 10.3. The van der Waals surface area contributed by atoms with Crippen molar-refractivity contribution in [3.8, 4) is 0 Å². The van der Waals surface area contributed by atoms with Gasteiger partial charge in [0.15, 0.2) is 23.3 Å². The second-order valence-corrected chi connectivity index (χ2v) is 9.82. The summed E-state index contributed by atoms with van der Waals surface area (Å²) in [6, 6.07) is 11.5. The first-order valence-electron chi connectivity index (χ1n) is 12.6. The fourth-order valence-corrected chi connectivity index (χ4v) is 4.96. The Morgan fingerprint density at radius 3 is 1.42 bits per heavy atom. The van der Waals surface area contributed by atoms with E-state index in [1.807, 2.05) is 36.4 Å². The zero-order valence-corrected chi connectivity index (χ0v) is 23.1. The monoisotopic (exact) mass is 548 g/mol. The predicted octanol–water partition coefficient (Wildman–Crippen LogP) is 6.15. The molecule has 0 bridgehead atoms. The Kier molecular flexibility index (Phi) is 7.53. The Balaban J connectivity index is 0.000000158. The molecule has 4 heterocycles. The Bertz CT molecular complexity index is 1400. The minimum Gasteiger partial charge on any atom is -0.336 e. The fraction of sp³-hybridized carbons (Fsp3) is 0.286. The molecule has 2 aromatic carbocycles. The Morgan fingerprint density at radius 1 is 0.658 bits per heavy atom. The lowest BCUT2D eigenvalue weighted by Crippen LogP contribution is -2.31. The topological polar surface area (TPSA) is 64.5 Å². The van der Waals surface area contributed by atoms with Crippen molar-refractivity contribution in [3.63, 3.8) is 0 Å². The number of fused-ring (bicyclic) bond motifs is 4. The summed E-state index contributed by atoms with van der Waals surface area (Å²) in [5.41, 5.74) is 3.42. The molecule has 0 spiro atoms. The van der Waals surface area contributed by atoms with Crippen LogP contribution in [0.3, 0.4) is 0 Å². The molecule has 0 saturated carbocycles. The molecule has 0 aliphatic carbocycles. The van der Waals surface area contributed by atoms with Crippen LogP contribution in [0.4, 0.5) is 23.3 Å². The quantitative estimate of drug-likeness (QED) is 0.266. The van der Waals surface area contributed by atoms with Gasteiger partial charge in [0, 0.05) is 26.2 Å². The van der Waals surface area contributed by atoms with Gasteiger partial charge < -0.3 is 19.6 Å². The van der Waals surface area contributed by atoms with Crippen molar-refractivity contribution in [3.05, 3.63) is 71.8 Å². The predicted molar refractivity (Wildman–Crippen MR) is 160 cm³/mol. The highest BCUT2D eigenvalue weighted by atomic mass is 35.5. The maximum absolute atomic E-state index is 6.06. The second-order valence-electron chi connectivity index (χ2n) is 9.00. The summed E-state index contributed by atoms with van der Waals surface area (Å²) in [5.74, 6) is 3.71. The molecule has 2 aliphatic heterocycles. The number of rotatable bonds is 6. The van der Waals surface area contributed by atoms with Crippen molar-refractivity contribution in [2.75, 3.05) is 59.1 Å². The number of halogens is 2. The molecule has 0 radical (unpaired) electrons. The van der Waals surface area contributed by atoms with Gasteiger partial charge in [-0.1, -0.05) is 47.5 Å². The van der Waals surface area contributed by atoms with Gasteiger partial charge in [0.05, 0.1) is 45.4 Å². The van der Waals surface area contributed by atoms with E-state index >= 15 is 0 Å². The molecule has 38 heavy (non-hydrogen) atoms. The van der Waals surface area contributed by atoms with E-state index in [2.05, 4.69) is 56.6 Å². The molecule has 10 heteroatoms. The van der Waals surface area contributed by atoms with Gasteiger partial charge in [-0.15, -0.1) is 13.2 Å². The van der Waals surface area contributed by atoms with Crippen LogP contribution < -0.4 is 19.6 Å². The molecule has 0 amide bonds. The van der Waals surface area contributed by atoms with Crippen LogP contribution in [0.25, 0.3) is 22.1 Å². The zero-order chi connectivity index (χ0) is 26.8. The molecule has 0 saturated heterocycles. The molecule has 196 valence electrons. The van der Waals surface area contributed by atoms with E-state index in [1.165, 1.54) is 0 Å². The van der Waals surface area contributed by atoms with Crippen LogP contribution in [-0.2, 0) is 0 Å². The summed E-state index contributed by atoms with van der Waals surface area (Å²) < 4.78 is 0.